The average Bonchev–Trinajstić information content (AvgIpc) is 2.90. The molecule has 2 N–H and O–H groups in total. The number of nitrogens with zero attached hydrogens (tertiary/aromatic N) is 3. The summed E-state index contributed by atoms with van der Waals surface area (Å²) in [6, 6.07) is 2.49. The van der Waals surface area contributed by atoms with Crippen molar-refractivity contribution in [3.8, 4) is 0 Å². The largest absolute Gasteiger partial charge is 0.381 e. The van der Waals surface area contributed by atoms with Crippen molar-refractivity contribution in [3.05, 3.63) is 38.3 Å². The van der Waals surface area contributed by atoms with Crippen LogP contribution in [0.25, 0.3) is 0 Å². The fraction of sp³-hybridized carbons (Fsp3) is 0.100. The third kappa shape index (κ3) is 2.83. The van der Waals surface area contributed by atoms with Gasteiger partial charge >= 0.3 is 0 Å². The van der Waals surface area contributed by atoms with Crippen LogP contribution in [-0.4, -0.2) is 28.1 Å². The molecule has 1 aromatic carbocycles. The topological polar surface area (TPSA) is 110 Å². The van der Waals surface area contributed by atoms with Crippen LogP contribution in [0.3, 0.4) is 0 Å². The number of hydrogen-bond donors (Lipinski definition) is 2. The van der Waals surface area contributed by atoms with E-state index in [0.29, 0.717) is 5.13 Å². The van der Waals surface area contributed by atoms with E-state index >= 15 is 0 Å². The first-order valence-electron chi connectivity index (χ1n) is 5.26. The molecule has 2 rings (SSSR count). The van der Waals surface area contributed by atoms with E-state index in [1.54, 1.807) is 0 Å². The summed E-state index contributed by atoms with van der Waals surface area (Å²) >= 11 is 7.07. The van der Waals surface area contributed by atoms with E-state index in [4.69, 9.17) is 11.6 Å². The molecule has 104 valence electrons. The number of rotatable bonds is 4. The second-order valence-corrected chi connectivity index (χ2v) is 4.80. The fourth-order valence-electron chi connectivity index (χ4n) is 1.51. The third-order valence-electron chi connectivity index (χ3n) is 2.36. The van der Waals surface area contributed by atoms with Gasteiger partial charge in [0.25, 0.3) is 11.6 Å². The minimum absolute atomic E-state index is 0.0656. The normalized spacial score (nSPS) is 10.1. The van der Waals surface area contributed by atoms with Crippen LogP contribution < -0.4 is 10.6 Å². The van der Waals surface area contributed by atoms with Crippen LogP contribution in [0.1, 0.15) is 10.4 Å². The minimum Gasteiger partial charge on any atom is -0.381 e. The highest BCUT2D eigenvalue weighted by Crippen LogP contribution is 2.33. The van der Waals surface area contributed by atoms with Crippen LogP contribution in [0.4, 0.5) is 16.5 Å². The first-order valence-corrected chi connectivity index (χ1v) is 6.52. The summed E-state index contributed by atoms with van der Waals surface area (Å²) in [6.07, 6.45) is 0. The Hall–Kier alpha value is -2.26. The predicted molar refractivity (Wildman–Crippen MR) is 75.5 cm³/mol. The van der Waals surface area contributed by atoms with E-state index in [-0.39, 0.29) is 22.0 Å². The Morgan fingerprint density at radius 3 is 2.80 bits per heavy atom. The number of carbonyl (C=O) groups excluding carboxylic acids is 1. The number of amides is 1. The van der Waals surface area contributed by atoms with Crippen molar-refractivity contribution in [2.45, 2.75) is 0 Å². The van der Waals surface area contributed by atoms with Gasteiger partial charge in [0.15, 0.2) is 0 Å². The van der Waals surface area contributed by atoms with Crippen molar-refractivity contribution < 1.29 is 9.72 Å². The highest BCUT2D eigenvalue weighted by atomic mass is 35.5. The fourth-order valence-corrected chi connectivity index (χ4v) is 2.26. The zero-order valence-electron chi connectivity index (χ0n) is 10.1. The van der Waals surface area contributed by atoms with Gasteiger partial charge in [0.2, 0.25) is 5.13 Å². The first kappa shape index (κ1) is 14.2. The molecular weight excluding hydrogens is 306 g/mol. The summed E-state index contributed by atoms with van der Waals surface area (Å²) in [5, 5.41) is 23.7. The van der Waals surface area contributed by atoms with Crippen molar-refractivity contribution in [1.29, 1.82) is 0 Å². The lowest BCUT2D eigenvalue weighted by atomic mass is 10.1. The second-order valence-electron chi connectivity index (χ2n) is 3.56. The molecule has 8 nitrogen and oxygen atoms in total. The van der Waals surface area contributed by atoms with Gasteiger partial charge in [-0.2, -0.15) is 0 Å². The van der Waals surface area contributed by atoms with Gasteiger partial charge in [-0.1, -0.05) is 22.9 Å². The van der Waals surface area contributed by atoms with Crippen LogP contribution >= 0.6 is 22.9 Å². The number of nitro benzene ring substituents is 1. The molecule has 0 aliphatic carbocycles. The molecule has 0 atom stereocenters. The Kier molecular flexibility index (Phi) is 4.11. The smallest absolute Gasteiger partial charge is 0.294 e. The molecule has 10 heteroatoms. The monoisotopic (exact) mass is 313 g/mol. The first-order chi connectivity index (χ1) is 9.52. The molecular formula is C10H8ClN5O3S. The maximum atomic E-state index is 12.0. The summed E-state index contributed by atoms with van der Waals surface area (Å²) < 4.78 is 0. The molecule has 0 saturated carbocycles. The summed E-state index contributed by atoms with van der Waals surface area (Å²) in [7, 11) is 1.51. The van der Waals surface area contributed by atoms with Crippen molar-refractivity contribution in [3.63, 3.8) is 0 Å². The lowest BCUT2D eigenvalue weighted by Gasteiger charge is -2.07. The molecule has 1 heterocycles. The Labute approximate surface area is 121 Å². The number of aromatic nitrogens is 2. The molecule has 0 spiro atoms. The van der Waals surface area contributed by atoms with Crippen LogP contribution in [0, 0.1) is 10.1 Å². The molecule has 0 fully saturated rings. The SMILES string of the molecule is CNc1c(Cl)cc(C(=O)Nc2nncs2)cc1[N+](=O)[O-]. The van der Waals surface area contributed by atoms with Crippen LogP contribution in [-0.2, 0) is 0 Å². The van der Waals surface area contributed by atoms with Crippen molar-refractivity contribution in [1.82, 2.24) is 10.2 Å². The Bertz CT molecular complexity index is 661. The van der Waals surface area contributed by atoms with E-state index in [1.807, 2.05) is 0 Å². The van der Waals surface area contributed by atoms with Gasteiger partial charge < -0.3 is 5.32 Å². The maximum absolute atomic E-state index is 12.0. The molecule has 1 amide bonds. The van der Waals surface area contributed by atoms with E-state index in [9.17, 15) is 14.9 Å². The Morgan fingerprint density at radius 2 is 2.25 bits per heavy atom. The number of anilines is 2. The summed E-state index contributed by atoms with van der Waals surface area (Å²) in [5.74, 6) is -0.547. The Morgan fingerprint density at radius 1 is 1.50 bits per heavy atom. The van der Waals surface area contributed by atoms with Gasteiger partial charge in [0.1, 0.15) is 11.2 Å². The molecule has 0 radical (unpaired) electrons. The molecule has 0 unspecified atom stereocenters. The third-order valence-corrected chi connectivity index (χ3v) is 3.26. The number of nitro groups is 1. The number of carbonyl (C=O) groups is 1. The zero-order chi connectivity index (χ0) is 14.7. The predicted octanol–water partition coefficient (Wildman–Crippen LogP) is 2.39. The lowest BCUT2D eigenvalue weighted by molar-refractivity contribution is -0.383. The second kappa shape index (κ2) is 5.80. The van der Waals surface area contributed by atoms with Crippen molar-refractivity contribution >= 4 is 45.4 Å². The number of halogens is 1. The van der Waals surface area contributed by atoms with Gasteiger partial charge in [0, 0.05) is 18.7 Å². The highest BCUT2D eigenvalue weighted by molar-refractivity contribution is 7.13. The van der Waals surface area contributed by atoms with Crippen LogP contribution in [0.15, 0.2) is 17.6 Å². The molecule has 20 heavy (non-hydrogen) atoms. The molecule has 0 saturated heterocycles. The van der Waals surface area contributed by atoms with Gasteiger partial charge in [0.05, 0.1) is 9.95 Å². The summed E-state index contributed by atoms with van der Waals surface area (Å²) in [4.78, 5) is 22.3. The van der Waals surface area contributed by atoms with Crippen LogP contribution in [0.5, 0.6) is 0 Å². The minimum atomic E-state index is -0.612. The molecule has 0 bridgehead atoms. The average molecular weight is 314 g/mol. The quantitative estimate of drug-likeness (QED) is 0.662. The summed E-state index contributed by atoms with van der Waals surface area (Å²) in [6.45, 7) is 0. The van der Waals surface area contributed by atoms with Gasteiger partial charge in [-0.3, -0.25) is 20.2 Å². The number of nitrogens with one attached hydrogen (secondary N) is 2. The van der Waals surface area contributed by atoms with E-state index in [1.165, 1.54) is 18.6 Å². The molecule has 1 aromatic heterocycles. The van der Waals surface area contributed by atoms with E-state index < -0.39 is 10.8 Å². The van der Waals surface area contributed by atoms with Crippen molar-refractivity contribution in [2.75, 3.05) is 17.7 Å². The number of hydrogen-bond acceptors (Lipinski definition) is 7. The number of benzene rings is 1. The zero-order valence-corrected chi connectivity index (χ0v) is 11.7. The molecule has 0 aliphatic heterocycles. The van der Waals surface area contributed by atoms with Crippen LogP contribution in [0.2, 0.25) is 5.02 Å². The van der Waals surface area contributed by atoms with E-state index in [0.717, 1.165) is 17.4 Å². The maximum Gasteiger partial charge on any atom is 0.294 e. The summed E-state index contributed by atoms with van der Waals surface area (Å²) in [5.41, 5.74) is 1.40. The lowest BCUT2D eigenvalue weighted by Crippen LogP contribution is -2.12. The molecule has 2 aromatic rings. The Balaban J connectivity index is 2.37. The molecule has 0 aliphatic rings. The van der Waals surface area contributed by atoms with Gasteiger partial charge in [-0.15, -0.1) is 10.2 Å². The van der Waals surface area contributed by atoms with E-state index in [2.05, 4.69) is 20.8 Å². The van der Waals surface area contributed by atoms with Gasteiger partial charge in [-0.05, 0) is 6.07 Å². The highest BCUT2D eigenvalue weighted by Gasteiger charge is 2.21. The van der Waals surface area contributed by atoms with Crippen molar-refractivity contribution in [2.24, 2.45) is 0 Å². The standard InChI is InChI=1S/C10H8ClN5O3S/c1-12-8-6(11)2-5(3-7(8)16(18)19)9(17)14-10-15-13-4-20-10/h2-4,12H,1H3,(H,14,15,17). The van der Waals surface area contributed by atoms with Gasteiger partial charge in [-0.25, -0.2) is 0 Å².